The molecule has 3 heteroatoms. The number of aliphatic hydroxyl groups is 1. The molecule has 1 aromatic rings. The number of benzene rings is 1. The molecule has 1 rings (SSSR count). The Morgan fingerprint density at radius 1 is 1.20 bits per heavy atom. The monoisotopic (exact) mass is 280 g/mol. The van der Waals surface area contributed by atoms with Crippen molar-refractivity contribution in [3.63, 3.8) is 0 Å². The third-order valence-electron chi connectivity index (χ3n) is 3.66. The largest absolute Gasteiger partial charge is 0.493 e. The summed E-state index contributed by atoms with van der Waals surface area (Å²) in [4.78, 5) is 0. The number of ether oxygens (including phenoxy) is 2. The second kappa shape index (κ2) is 8.85. The third kappa shape index (κ3) is 5.04. The predicted octanol–water partition coefficient (Wildman–Crippen LogP) is 3.68. The van der Waals surface area contributed by atoms with E-state index in [2.05, 4.69) is 26.8 Å². The van der Waals surface area contributed by atoms with Gasteiger partial charge in [0.15, 0.2) is 11.5 Å². The zero-order valence-corrected chi connectivity index (χ0v) is 13.2. The van der Waals surface area contributed by atoms with Crippen LogP contribution in [-0.2, 0) is 6.42 Å². The first-order chi connectivity index (χ1) is 9.62. The summed E-state index contributed by atoms with van der Waals surface area (Å²) in [5, 5.41) is 9.45. The first-order valence-electron chi connectivity index (χ1n) is 7.52. The van der Waals surface area contributed by atoms with Crippen molar-refractivity contribution in [3.05, 3.63) is 23.8 Å². The van der Waals surface area contributed by atoms with E-state index in [1.54, 1.807) is 7.11 Å². The molecule has 1 atom stereocenters. The van der Waals surface area contributed by atoms with E-state index >= 15 is 0 Å². The summed E-state index contributed by atoms with van der Waals surface area (Å²) >= 11 is 0. The molecular weight excluding hydrogens is 252 g/mol. The molecule has 0 aromatic heterocycles. The first kappa shape index (κ1) is 16.8. The van der Waals surface area contributed by atoms with Gasteiger partial charge in [0, 0.05) is 6.61 Å². The van der Waals surface area contributed by atoms with Crippen LogP contribution in [-0.4, -0.2) is 25.4 Å². The highest BCUT2D eigenvalue weighted by molar-refractivity contribution is 5.43. The van der Waals surface area contributed by atoms with Gasteiger partial charge >= 0.3 is 0 Å². The molecule has 3 nitrogen and oxygen atoms in total. The van der Waals surface area contributed by atoms with Crippen LogP contribution in [0.15, 0.2) is 18.2 Å². The molecule has 1 N–H and O–H groups in total. The lowest BCUT2D eigenvalue weighted by Gasteiger charge is -2.19. The quantitative estimate of drug-likeness (QED) is 0.701. The molecule has 0 bridgehead atoms. The van der Waals surface area contributed by atoms with Crippen LogP contribution in [0.3, 0.4) is 0 Å². The fourth-order valence-corrected chi connectivity index (χ4v) is 2.10. The van der Waals surface area contributed by atoms with Gasteiger partial charge in [-0.2, -0.15) is 0 Å². The van der Waals surface area contributed by atoms with Crippen LogP contribution in [0.2, 0.25) is 0 Å². The molecule has 0 aliphatic rings. The highest BCUT2D eigenvalue weighted by atomic mass is 16.5. The highest BCUT2D eigenvalue weighted by Crippen LogP contribution is 2.30. The lowest BCUT2D eigenvalue weighted by atomic mass is 9.90. The van der Waals surface area contributed by atoms with E-state index in [1.165, 1.54) is 5.56 Å². The lowest BCUT2D eigenvalue weighted by molar-refractivity contribution is 0.189. The van der Waals surface area contributed by atoms with Crippen LogP contribution < -0.4 is 9.47 Å². The van der Waals surface area contributed by atoms with Gasteiger partial charge in [-0.1, -0.05) is 33.3 Å². The number of unbranched alkanes of at least 4 members (excludes halogenated alkanes) is 1. The Hall–Kier alpha value is -1.22. The predicted molar refractivity (Wildman–Crippen MR) is 82.5 cm³/mol. The van der Waals surface area contributed by atoms with E-state index in [4.69, 9.17) is 9.47 Å². The summed E-state index contributed by atoms with van der Waals surface area (Å²) in [6, 6.07) is 6.04. The maximum atomic E-state index is 9.45. The average molecular weight is 280 g/mol. The number of hydrogen-bond acceptors (Lipinski definition) is 3. The molecule has 0 heterocycles. The summed E-state index contributed by atoms with van der Waals surface area (Å²) in [7, 11) is 1.66. The van der Waals surface area contributed by atoms with Gasteiger partial charge in [-0.15, -0.1) is 0 Å². The second-order valence-corrected chi connectivity index (χ2v) is 5.58. The molecule has 0 aliphatic carbocycles. The van der Waals surface area contributed by atoms with Crippen molar-refractivity contribution in [2.75, 3.05) is 20.3 Å². The Labute approximate surface area is 122 Å². The Morgan fingerprint density at radius 3 is 2.50 bits per heavy atom. The van der Waals surface area contributed by atoms with E-state index in [0.29, 0.717) is 12.5 Å². The molecule has 0 spiro atoms. The summed E-state index contributed by atoms with van der Waals surface area (Å²) in [5.41, 5.74) is 1.19. The molecule has 0 saturated heterocycles. The van der Waals surface area contributed by atoms with Crippen molar-refractivity contribution >= 4 is 0 Å². The van der Waals surface area contributed by atoms with E-state index in [9.17, 15) is 5.11 Å². The topological polar surface area (TPSA) is 38.7 Å². The first-order valence-corrected chi connectivity index (χ1v) is 7.52. The minimum Gasteiger partial charge on any atom is -0.493 e. The molecule has 1 unspecified atom stereocenters. The van der Waals surface area contributed by atoms with Gasteiger partial charge in [0.1, 0.15) is 0 Å². The average Bonchev–Trinajstić information content (AvgIpc) is 2.45. The Bertz CT molecular complexity index is 388. The molecular formula is C17H28O3. The number of methoxy groups -OCH3 is 1. The van der Waals surface area contributed by atoms with Gasteiger partial charge < -0.3 is 14.6 Å². The van der Waals surface area contributed by atoms with Gasteiger partial charge in [0.2, 0.25) is 0 Å². The summed E-state index contributed by atoms with van der Waals surface area (Å²) in [5.74, 6) is 2.33. The van der Waals surface area contributed by atoms with Crippen LogP contribution in [0.25, 0.3) is 0 Å². The smallest absolute Gasteiger partial charge is 0.161 e. The molecule has 0 fully saturated rings. The molecule has 0 saturated carbocycles. The van der Waals surface area contributed by atoms with Crippen LogP contribution in [0, 0.1) is 11.8 Å². The van der Waals surface area contributed by atoms with Crippen LogP contribution >= 0.6 is 0 Å². The number of hydrogen-bond donors (Lipinski definition) is 1. The van der Waals surface area contributed by atoms with Crippen molar-refractivity contribution in [2.45, 2.75) is 40.0 Å². The van der Waals surface area contributed by atoms with E-state index < -0.39 is 0 Å². The molecule has 0 aliphatic heterocycles. The Balaban J connectivity index is 2.80. The molecule has 20 heavy (non-hydrogen) atoms. The molecule has 1 aromatic carbocycles. The van der Waals surface area contributed by atoms with Crippen molar-refractivity contribution in [1.82, 2.24) is 0 Å². The summed E-state index contributed by atoms with van der Waals surface area (Å²) < 4.78 is 11.1. The second-order valence-electron chi connectivity index (χ2n) is 5.58. The standard InChI is InChI=1S/C17H28O3/c1-5-6-9-20-17-11-14(7-8-16(17)19-4)10-15(12-18)13(2)3/h7-8,11,13,15,18H,5-6,9-10,12H2,1-4H3. The third-order valence-corrected chi connectivity index (χ3v) is 3.66. The van der Waals surface area contributed by atoms with Gasteiger partial charge in [0.05, 0.1) is 13.7 Å². The normalized spacial score (nSPS) is 12.5. The van der Waals surface area contributed by atoms with Crippen molar-refractivity contribution in [3.8, 4) is 11.5 Å². The van der Waals surface area contributed by atoms with Gasteiger partial charge in [0.25, 0.3) is 0 Å². The summed E-state index contributed by atoms with van der Waals surface area (Å²) in [6.07, 6.45) is 3.02. The highest BCUT2D eigenvalue weighted by Gasteiger charge is 2.14. The van der Waals surface area contributed by atoms with Gasteiger partial charge in [-0.3, -0.25) is 0 Å². The SMILES string of the molecule is CCCCOc1cc(CC(CO)C(C)C)ccc1OC. The minimum atomic E-state index is 0.218. The van der Waals surface area contributed by atoms with Gasteiger partial charge in [-0.05, 0) is 42.4 Å². The minimum absolute atomic E-state index is 0.218. The van der Waals surface area contributed by atoms with E-state index in [0.717, 1.165) is 30.8 Å². The number of rotatable bonds is 9. The van der Waals surface area contributed by atoms with Gasteiger partial charge in [-0.25, -0.2) is 0 Å². The van der Waals surface area contributed by atoms with Crippen molar-refractivity contribution < 1.29 is 14.6 Å². The molecule has 0 radical (unpaired) electrons. The zero-order chi connectivity index (χ0) is 15.0. The Kier molecular flexibility index (Phi) is 7.45. The van der Waals surface area contributed by atoms with E-state index in [-0.39, 0.29) is 12.5 Å². The molecule has 114 valence electrons. The van der Waals surface area contributed by atoms with Crippen molar-refractivity contribution in [1.29, 1.82) is 0 Å². The fraction of sp³-hybridized carbons (Fsp3) is 0.647. The fourth-order valence-electron chi connectivity index (χ4n) is 2.10. The van der Waals surface area contributed by atoms with E-state index in [1.807, 2.05) is 12.1 Å². The van der Waals surface area contributed by atoms with Crippen molar-refractivity contribution in [2.24, 2.45) is 11.8 Å². The van der Waals surface area contributed by atoms with Crippen LogP contribution in [0.1, 0.15) is 39.2 Å². The lowest BCUT2D eigenvalue weighted by Crippen LogP contribution is -2.16. The Morgan fingerprint density at radius 2 is 1.95 bits per heavy atom. The van der Waals surface area contributed by atoms with Crippen LogP contribution in [0.4, 0.5) is 0 Å². The zero-order valence-electron chi connectivity index (χ0n) is 13.2. The maximum absolute atomic E-state index is 9.45. The summed E-state index contributed by atoms with van der Waals surface area (Å²) in [6.45, 7) is 7.36. The van der Waals surface area contributed by atoms with Crippen LogP contribution in [0.5, 0.6) is 11.5 Å². The maximum Gasteiger partial charge on any atom is 0.161 e. The number of aliphatic hydroxyl groups excluding tert-OH is 1. The molecule has 0 amide bonds.